The minimum absolute atomic E-state index is 0.0731. The topological polar surface area (TPSA) is 120 Å². The number of benzene rings is 1. The minimum atomic E-state index is -3.67. The lowest BCUT2D eigenvalue weighted by Crippen LogP contribution is -2.40. The highest BCUT2D eigenvalue weighted by Crippen LogP contribution is 2.22. The SMILES string of the molecule is CSCCC(NC(=O)c1cc(S(=O)(=O)N2CCOCC2)c[nH]1)c1nc2ccccc2[nH]1. The van der Waals surface area contributed by atoms with Crippen LogP contribution >= 0.6 is 11.8 Å². The Morgan fingerprint density at radius 1 is 1.32 bits per heavy atom. The molecule has 1 atom stereocenters. The first-order valence-corrected chi connectivity index (χ1v) is 12.8. The number of thioether (sulfide) groups is 1. The number of hydrogen-bond acceptors (Lipinski definition) is 6. The summed E-state index contributed by atoms with van der Waals surface area (Å²) >= 11 is 1.68. The number of carbonyl (C=O) groups excluding carboxylic acids is 1. The number of nitrogens with one attached hydrogen (secondary N) is 3. The summed E-state index contributed by atoms with van der Waals surface area (Å²) in [6.45, 7) is 1.34. The number of nitrogens with zero attached hydrogens (tertiary/aromatic N) is 2. The molecule has 0 saturated carbocycles. The van der Waals surface area contributed by atoms with E-state index in [9.17, 15) is 13.2 Å². The van der Waals surface area contributed by atoms with Crippen LogP contribution in [0.25, 0.3) is 11.0 Å². The van der Waals surface area contributed by atoms with Gasteiger partial charge in [0, 0.05) is 19.3 Å². The van der Waals surface area contributed by atoms with Crippen LogP contribution in [0.4, 0.5) is 0 Å². The molecule has 1 amide bonds. The largest absolute Gasteiger partial charge is 0.379 e. The molecule has 1 fully saturated rings. The molecule has 9 nitrogen and oxygen atoms in total. The first kappa shape index (κ1) is 21.9. The second-order valence-electron chi connectivity index (χ2n) is 7.21. The highest BCUT2D eigenvalue weighted by molar-refractivity contribution is 7.98. The van der Waals surface area contributed by atoms with Crippen LogP contribution in [0.5, 0.6) is 0 Å². The predicted molar refractivity (Wildman–Crippen MR) is 120 cm³/mol. The maximum absolute atomic E-state index is 12.9. The summed E-state index contributed by atoms with van der Waals surface area (Å²) in [6.07, 6.45) is 4.05. The molecule has 11 heteroatoms. The van der Waals surface area contributed by atoms with Gasteiger partial charge in [0.1, 0.15) is 16.4 Å². The van der Waals surface area contributed by atoms with E-state index in [1.54, 1.807) is 11.8 Å². The van der Waals surface area contributed by atoms with Crippen LogP contribution in [0.3, 0.4) is 0 Å². The quantitative estimate of drug-likeness (QED) is 0.471. The third-order valence-corrected chi connectivity index (χ3v) is 7.68. The Hall–Kier alpha value is -2.34. The van der Waals surface area contributed by atoms with Crippen molar-refractivity contribution in [2.45, 2.75) is 17.4 Å². The predicted octanol–water partition coefficient (Wildman–Crippen LogP) is 2.14. The minimum Gasteiger partial charge on any atom is -0.379 e. The van der Waals surface area contributed by atoms with E-state index in [4.69, 9.17) is 4.74 Å². The molecule has 1 unspecified atom stereocenters. The number of sulfonamides is 1. The standard InChI is InChI=1S/C20H25N5O4S2/c1-30-11-6-17(19-22-15-4-2-3-5-16(15)23-19)24-20(26)18-12-14(13-21-18)31(27,28)25-7-9-29-10-8-25/h2-5,12-13,17,21H,6-11H2,1H3,(H,22,23)(H,24,26). The Balaban J connectivity index is 1.52. The number of imidazole rings is 1. The number of aromatic amines is 2. The van der Waals surface area contributed by atoms with Crippen molar-refractivity contribution in [3.63, 3.8) is 0 Å². The fourth-order valence-corrected chi connectivity index (χ4v) is 5.35. The fraction of sp³-hybridized carbons (Fsp3) is 0.400. The van der Waals surface area contributed by atoms with Crippen LogP contribution in [0.15, 0.2) is 41.4 Å². The van der Waals surface area contributed by atoms with Crippen molar-refractivity contribution in [3.05, 3.63) is 48.0 Å². The second kappa shape index (κ2) is 9.43. The maximum Gasteiger partial charge on any atom is 0.268 e. The number of morpholine rings is 1. The lowest BCUT2D eigenvalue weighted by molar-refractivity contribution is 0.0730. The number of ether oxygens (including phenoxy) is 1. The van der Waals surface area contributed by atoms with Crippen molar-refractivity contribution in [3.8, 4) is 0 Å². The molecular weight excluding hydrogens is 438 g/mol. The molecule has 166 valence electrons. The Bertz CT molecular complexity index is 1120. The van der Waals surface area contributed by atoms with Gasteiger partial charge in [-0.15, -0.1) is 0 Å². The summed E-state index contributed by atoms with van der Waals surface area (Å²) in [5, 5.41) is 2.98. The smallest absolute Gasteiger partial charge is 0.268 e. The Kier molecular flexibility index (Phi) is 6.65. The molecule has 0 radical (unpaired) electrons. The molecule has 3 aromatic rings. The van der Waals surface area contributed by atoms with Gasteiger partial charge in [0.15, 0.2) is 0 Å². The van der Waals surface area contributed by atoms with E-state index in [1.165, 1.54) is 16.6 Å². The molecule has 3 N–H and O–H groups in total. The van der Waals surface area contributed by atoms with Crippen LogP contribution in [0, 0.1) is 0 Å². The van der Waals surface area contributed by atoms with Crippen molar-refractivity contribution in [2.75, 3.05) is 38.3 Å². The third kappa shape index (κ3) is 4.79. The second-order valence-corrected chi connectivity index (χ2v) is 10.1. The molecule has 0 aliphatic carbocycles. The van der Waals surface area contributed by atoms with Crippen LogP contribution in [0.1, 0.15) is 28.8 Å². The number of hydrogen-bond donors (Lipinski definition) is 3. The van der Waals surface area contributed by atoms with Crippen molar-refractivity contribution in [2.24, 2.45) is 0 Å². The highest BCUT2D eigenvalue weighted by atomic mass is 32.2. The number of para-hydroxylation sites is 2. The number of carbonyl (C=O) groups is 1. The van der Waals surface area contributed by atoms with Crippen molar-refractivity contribution >= 4 is 38.7 Å². The summed E-state index contributed by atoms with van der Waals surface area (Å²) in [4.78, 5) is 23.7. The van der Waals surface area contributed by atoms with Crippen molar-refractivity contribution in [1.82, 2.24) is 24.6 Å². The first-order valence-electron chi connectivity index (χ1n) is 10.00. The molecule has 0 bridgehead atoms. The fourth-order valence-electron chi connectivity index (χ4n) is 3.48. The van der Waals surface area contributed by atoms with Gasteiger partial charge < -0.3 is 20.0 Å². The summed E-state index contributed by atoms with van der Waals surface area (Å²) in [6, 6.07) is 8.75. The van der Waals surface area contributed by atoms with Crippen LogP contribution in [0.2, 0.25) is 0 Å². The van der Waals surface area contributed by atoms with E-state index in [2.05, 4.69) is 20.3 Å². The Morgan fingerprint density at radius 3 is 2.84 bits per heavy atom. The van der Waals surface area contributed by atoms with E-state index in [-0.39, 0.29) is 22.5 Å². The van der Waals surface area contributed by atoms with Gasteiger partial charge in [0.05, 0.1) is 30.3 Å². The monoisotopic (exact) mass is 463 g/mol. The van der Waals surface area contributed by atoms with Crippen molar-refractivity contribution in [1.29, 1.82) is 0 Å². The normalized spacial score (nSPS) is 16.4. The number of rotatable bonds is 8. The van der Waals surface area contributed by atoms with Crippen molar-refractivity contribution < 1.29 is 17.9 Å². The third-order valence-electron chi connectivity index (χ3n) is 5.16. The average molecular weight is 464 g/mol. The Morgan fingerprint density at radius 2 is 2.10 bits per heavy atom. The van der Waals surface area contributed by atoms with Gasteiger partial charge in [0.2, 0.25) is 10.0 Å². The van der Waals surface area contributed by atoms with Gasteiger partial charge in [-0.3, -0.25) is 4.79 Å². The molecular formula is C20H25N5O4S2. The zero-order valence-corrected chi connectivity index (χ0v) is 18.8. The van der Waals surface area contributed by atoms with Crippen LogP contribution < -0.4 is 5.32 Å². The van der Waals surface area contributed by atoms with Crippen LogP contribution in [-0.2, 0) is 14.8 Å². The van der Waals surface area contributed by atoms with Gasteiger partial charge in [-0.1, -0.05) is 12.1 Å². The van der Waals surface area contributed by atoms with E-state index in [0.29, 0.717) is 38.5 Å². The van der Waals surface area contributed by atoms with E-state index >= 15 is 0 Å². The molecule has 1 aromatic carbocycles. The summed E-state index contributed by atoms with van der Waals surface area (Å²) < 4.78 is 32.2. The van der Waals surface area contributed by atoms with Gasteiger partial charge in [0.25, 0.3) is 5.91 Å². The van der Waals surface area contributed by atoms with Gasteiger partial charge in [-0.25, -0.2) is 13.4 Å². The van der Waals surface area contributed by atoms with Gasteiger partial charge >= 0.3 is 0 Å². The zero-order valence-electron chi connectivity index (χ0n) is 17.1. The molecule has 4 rings (SSSR count). The molecule has 1 aliphatic rings. The van der Waals surface area contributed by atoms with Crippen LogP contribution in [-0.4, -0.2) is 71.9 Å². The average Bonchev–Trinajstić information content (AvgIpc) is 3.45. The first-order chi connectivity index (χ1) is 15.0. The highest BCUT2D eigenvalue weighted by Gasteiger charge is 2.28. The Labute approximate surface area is 185 Å². The number of fused-ring (bicyclic) bond motifs is 1. The van der Waals surface area contributed by atoms with Gasteiger partial charge in [-0.2, -0.15) is 16.1 Å². The molecule has 2 aromatic heterocycles. The summed E-state index contributed by atoms with van der Waals surface area (Å²) in [5.74, 6) is 1.13. The summed E-state index contributed by atoms with van der Waals surface area (Å²) in [5.41, 5.74) is 1.93. The summed E-state index contributed by atoms with van der Waals surface area (Å²) in [7, 11) is -3.67. The maximum atomic E-state index is 12.9. The molecule has 1 aliphatic heterocycles. The lowest BCUT2D eigenvalue weighted by atomic mass is 10.2. The molecule has 31 heavy (non-hydrogen) atoms. The molecule has 0 spiro atoms. The van der Waals surface area contributed by atoms with E-state index in [0.717, 1.165) is 16.8 Å². The number of aromatic nitrogens is 3. The van der Waals surface area contributed by atoms with E-state index < -0.39 is 10.0 Å². The van der Waals surface area contributed by atoms with E-state index in [1.807, 2.05) is 30.5 Å². The number of H-pyrrole nitrogens is 2. The van der Waals surface area contributed by atoms with Gasteiger partial charge in [-0.05, 0) is 36.6 Å². The molecule has 1 saturated heterocycles. The zero-order chi connectivity index (χ0) is 21.8. The number of amides is 1. The lowest BCUT2D eigenvalue weighted by Gasteiger charge is -2.25. The molecule has 3 heterocycles.